The Balaban J connectivity index is 2.31. The van der Waals surface area contributed by atoms with Crippen LogP contribution in [0.5, 0.6) is 0 Å². The second-order valence-corrected chi connectivity index (χ2v) is 2.81. The van der Waals surface area contributed by atoms with Crippen molar-refractivity contribution in [2.75, 3.05) is 13.2 Å². The summed E-state index contributed by atoms with van der Waals surface area (Å²) in [4.78, 5) is 4.06. The Bertz CT molecular complexity index is 235. The van der Waals surface area contributed by atoms with Crippen LogP contribution in [0.4, 0.5) is 0 Å². The number of hydrogen-bond acceptors (Lipinski definition) is 4. The molecule has 0 amide bonds. The van der Waals surface area contributed by atoms with Gasteiger partial charge in [0.05, 0.1) is 6.20 Å². The lowest BCUT2D eigenvalue weighted by Crippen LogP contribution is -2.02. The second-order valence-electron chi connectivity index (χ2n) is 2.81. The first-order chi connectivity index (χ1) is 6.36. The number of aromatic nitrogens is 1. The first-order valence-electron chi connectivity index (χ1n) is 4.58. The average molecular weight is 184 g/mol. The monoisotopic (exact) mass is 184 g/mol. The molecule has 0 spiro atoms. The lowest BCUT2D eigenvalue weighted by atomic mass is 10.4. The first-order valence-corrected chi connectivity index (χ1v) is 4.58. The van der Waals surface area contributed by atoms with Gasteiger partial charge in [0.15, 0.2) is 5.89 Å². The SMILES string of the molecule is CCCOCc1cnc(CCN)o1. The molecule has 1 aromatic heterocycles. The Morgan fingerprint density at radius 1 is 1.62 bits per heavy atom. The molecule has 0 unspecified atom stereocenters. The number of rotatable bonds is 6. The van der Waals surface area contributed by atoms with E-state index in [0.29, 0.717) is 25.5 Å². The summed E-state index contributed by atoms with van der Waals surface area (Å²) in [7, 11) is 0. The molecule has 0 radical (unpaired) electrons. The van der Waals surface area contributed by atoms with Crippen molar-refractivity contribution in [3.63, 3.8) is 0 Å². The van der Waals surface area contributed by atoms with E-state index < -0.39 is 0 Å². The van der Waals surface area contributed by atoms with E-state index in [4.69, 9.17) is 14.9 Å². The van der Waals surface area contributed by atoms with E-state index in [1.807, 2.05) is 0 Å². The van der Waals surface area contributed by atoms with Gasteiger partial charge in [0.2, 0.25) is 0 Å². The molecule has 0 aromatic carbocycles. The van der Waals surface area contributed by atoms with Gasteiger partial charge in [-0.1, -0.05) is 6.92 Å². The van der Waals surface area contributed by atoms with Gasteiger partial charge < -0.3 is 14.9 Å². The highest BCUT2D eigenvalue weighted by molar-refractivity contribution is 4.92. The van der Waals surface area contributed by atoms with Crippen LogP contribution in [-0.4, -0.2) is 18.1 Å². The molecular weight excluding hydrogens is 168 g/mol. The maximum atomic E-state index is 5.36. The molecule has 0 fully saturated rings. The molecule has 0 aliphatic rings. The first kappa shape index (κ1) is 10.2. The third-order valence-electron chi connectivity index (χ3n) is 1.55. The van der Waals surface area contributed by atoms with Crippen LogP contribution < -0.4 is 5.73 Å². The summed E-state index contributed by atoms with van der Waals surface area (Å²) in [5.41, 5.74) is 5.36. The minimum absolute atomic E-state index is 0.505. The third-order valence-corrected chi connectivity index (χ3v) is 1.55. The van der Waals surface area contributed by atoms with Gasteiger partial charge in [-0.2, -0.15) is 0 Å². The van der Waals surface area contributed by atoms with Gasteiger partial charge in [0.25, 0.3) is 0 Å². The van der Waals surface area contributed by atoms with E-state index in [1.165, 1.54) is 0 Å². The van der Waals surface area contributed by atoms with Crippen LogP contribution in [0.3, 0.4) is 0 Å². The lowest BCUT2D eigenvalue weighted by Gasteiger charge is -1.97. The maximum absolute atomic E-state index is 5.36. The van der Waals surface area contributed by atoms with Gasteiger partial charge in [-0.3, -0.25) is 0 Å². The minimum atomic E-state index is 0.505. The lowest BCUT2D eigenvalue weighted by molar-refractivity contribution is 0.106. The van der Waals surface area contributed by atoms with Gasteiger partial charge in [0, 0.05) is 19.6 Å². The van der Waals surface area contributed by atoms with Crippen LogP contribution >= 0.6 is 0 Å². The fraction of sp³-hybridized carbons (Fsp3) is 0.667. The largest absolute Gasteiger partial charge is 0.443 e. The second kappa shape index (κ2) is 5.72. The molecule has 74 valence electrons. The number of ether oxygens (including phenoxy) is 1. The van der Waals surface area contributed by atoms with E-state index in [0.717, 1.165) is 18.8 Å². The summed E-state index contributed by atoms with van der Waals surface area (Å²) in [6, 6.07) is 0. The van der Waals surface area contributed by atoms with Crippen LogP contribution in [0.15, 0.2) is 10.6 Å². The smallest absolute Gasteiger partial charge is 0.195 e. The fourth-order valence-corrected chi connectivity index (χ4v) is 0.971. The summed E-state index contributed by atoms with van der Waals surface area (Å²) >= 11 is 0. The van der Waals surface area contributed by atoms with Gasteiger partial charge in [-0.05, 0) is 6.42 Å². The van der Waals surface area contributed by atoms with Gasteiger partial charge in [-0.15, -0.1) is 0 Å². The van der Waals surface area contributed by atoms with Crippen LogP contribution in [0.1, 0.15) is 25.0 Å². The van der Waals surface area contributed by atoms with Crippen molar-refractivity contribution in [2.24, 2.45) is 5.73 Å². The molecule has 1 rings (SSSR count). The molecule has 0 saturated heterocycles. The summed E-state index contributed by atoms with van der Waals surface area (Å²) in [6.45, 7) is 3.90. The van der Waals surface area contributed by atoms with Crippen molar-refractivity contribution in [1.82, 2.24) is 4.98 Å². The summed E-state index contributed by atoms with van der Waals surface area (Å²) < 4.78 is 10.6. The van der Waals surface area contributed by atoms with Crippen molar-refractivity contribution < 1.29 is 9.15 Å². The molecule has 0 bridgehead atoms. The molecule has 1 heterocycles. The molecule has 4 nitrogen and oxygen atoms in total. The highest BCUT2D eigenvalue weighted by Gasteiger charge is 2.02. The van der Waals surface area contributed by atoms with Crippen LogP contribution in [0.2, 0.25) is 0 Å². The predicted molar refractivity (Wildman–Crippen MR) is 49.2 cm³/mol. The van der Waals surface area contributed by atoms with E-state index in [2.05, 4.69) is 11.9 Å². The van der Waals surface area contributed by atoms with Crippen LogP contribution in [0, 0.1) is 0 Å². The van der Waals surface area contributed by atoms with Crippen LogP contribution in [0.25, 0.3) is 0 Å². The van der Waals surface area contributed by atoms with Crippen molar-refractivity contribution in [3.8, 4) is 0 Å². The highest BCUT2D eigenvalue weighted by atomic mass is 16.5. The normalized spacial score (nSPS) is 10.6. The summed E-state index contributed by atoms with van der Waals surface area (Å²) in [5, 5.41) is 0. The molecule has 1 aromatic rings. The highest BCUT2D eigenvalue weighted by Crippen LogP contribution is 2.05. The molecule has 4 heteroatoms. The summed E-state index contributed by atoms with van der Waals surface area (Å²) in [6.07, 6.45) is 3.40. The van der Waals surface area contributed by atoms with Crippen molar-refractivity contribution in [2.45, 2.75) is 26.4 Å². The average Bonchev–Trinajstić information content (AvgIpc) is 2.54. The van der Waals surface area contributed by atoms with E-state index >= 15 is 0 Å². The molecule has 0 aliphatic carbocycles. The zero-order chi connectivity index (χ0) is 9.52. The zero-order valence-corrected chi connectivity index (χ0v) is 7.95. The molecule has 0 aliphatic heterocycles. The predicted octanol–water partition coefficient (Wildman–Crippen LogP) is 1.10. The Labute approximate surface area is 78.1 Å². The molecular formula is C9H16N2O2. The van der Waals surface area contributed by atoms with Crippen molar-refractivity contribution >= 4 is 0 Å². The number of nitrogens with zero attached hydrogens (tertiary/aromatic N) is 1. The maximum Gasteiger partial charge on any atom is 0.195 e. The fourth-order valence-electron chi connectivity index (χ4n) is 0.971. The Morgan fingerprint density at radius 3 is 3.15 bits per heavy atom. The molecule has 0 atom stereocenters. The number of oxazole rings is 1. The van der Waals surface area contributed by atoms with E-state index in [9.17, 15) is 0 Å². The van der Waals surface area contributed by atoms with Crippen LogP contribution in [-0.2, 0) is 17.8 Å². The van der Waals surface area contributed by atoms with E-state index in [1.54, 1.807) is 6.20 Å². The number of hydrogen-bond donors (Lipinski definition) is 1. The third kappa shape index (κ3) is 3.57. The molecule has 0 saturated carbocycles. The molecule has 13 heavy (non-hydrogen) atoms. The number of nitrogens with two attached hydrogens (primary N) is 1. The minimum Gasteiger partial charge on any atom is -0.443 e. The molecule has 2 N–H and O–H groups in total. The van der Waals surface area contributed by atoms with E-state index in [-0.39, 0.29) is 0 Å². The van der Waals surface area contributed by atoms with Gasteiger partial charge >= 0.3 is 0 Å². The summed E-state index contributed by atoms with van der Waals surface area (Å²) in [5.74, 6) is 1.47. The van der Waals surface area contributed by atoms with Crippen molar-refractivity contribution in [1.29, 1.82) is 0 Å². The zero-order valence-electron chi connectivity index (χ0n) is 7.95. The van der Waals surface area contributed by atoms with Gasteiger partial charge in [0.1, 0.15) is 12.4 Å². The van der Waals surface area contributed by atoms with Gasteiger partial charge in [-0.25, -0.2) is 4.98 Å². The standard InChI is InChI=1S/C9H16N2O2/c1-2-5-12-7-8-6-11-9(13-8)3-4-10/h6H,2-5,7,10H2,1H3. The Hall–Kier alpha value is -0.870. The Morgan fingerprint density at radius 2 is 2.46 bits per heavy atom. The topological polar surface area (TPSA) is 61.3 Å². The Kier molecular flexibility index (Phi) is 4.49. The van der Waals surface area contributed by atoms with Crippen molar-refractivity contribution in [3.05, 3.63) is 17.8 Å². The quantitative estimate of drug-likeness (QED) is 0.672.